The summed E-state index contributed by atoms with van der Waals surface area (Å²) in [4.78, 5) is 5.00. The Morgan fingerprint density at radius 2 is 1.21 bits per heavy atom. The monoisotopic (exact) mass is 942 g/mol. The molecule has 1 aromatic heterocycles. The molecule has 3 heterocycles. The van der Waals surface area contributed by atoms with Gasteiger partial charge in [-0.3, -0.25) is 0 Å². The number of hydrogen-bond donors (Lipinski definition) is 0. The van der Waals surface area contributed by atoms with Crippen molar-refractivity contribution in [2.75, 3.05) is 9.80 Å². The Labute approximate surface area is 433 Å². The van der Waals surface area contributed by atoms with E-state index >= 15 is 0 Å². The lowest BCUT2D eigenvalue weighted by Gasteiger charge is -2.58. The van der Waals surface area contributed by atoms with Crippen molar-refractivity contribution >= 4 is 63.5 Å². The summed E-state index contributed by atoms with van der Waals surface area (Å²) < 4.78 is 53.8. The van der Waals surface area contributed by atoms with Gasteiger partial charge in [0, 0.05) is 34.0 Å². The zero-order chi connectivity index (χ0) is 54.1. The third-order valence-corrected chi connectivity index (χ3v) is 20.3. The van der Waals surface area contributed by atoms with Crippen LogP contribution in [-0.4, -0.2) is 6.71 Å². The number of benzene rings is 5. The van der Waals surface area contributed by atoms with Gasteiger partial charge in [0.2, 0.25) is 0 Å². The molecule has 14 rings (SSSR count). The summed E-state index contributed by atoms with van der Waals surface area (Å²) in [5.41, 5.74) is 21.1. The summed E-state index contributed by atoms with van der Waals surface area (Å²) in [5, 5.41) is 0. The highest BCUT2D eigenvalue weighted by molar-refractivity contribution is 6.99. The number of anilines is 6. The van der Waals surface area contributed by atoms with Gasteiger partial charge in [0.05, 0.1) is 18.2 Å². The molecule has 0 saturated heterocycles. The summed E-state index contributed by atoms with van der Waals surface area (Å²) >= 11 is 0. The first kappa shape index (κ1) is 40.3. The van der Waals surface area contributed by atoms with Crippen LogP contribution >= 0.6 is 0 Å². The van der Waals surface area contributed by atoms with E-state index in [9.17, 15) is 2.74 Å². The van der Waals surface area contributed by atoms with E-state index in [1.165, 1.54) is 70.1 Å². The Hall–Kier alpha value is -5.22. The minimum atomic E-state index is -0.388. The lowest BCUT2D eigenvalue weighted by atomic mass is 9.35. The highest BCUT2D eigenvalue weighted by Gasteiger charge is 2.56. The quantitative estimate of drug-likeness (QED) is 0.165. The number of furan rings is 1. The van der Waals surface area contributed by atoms with Crippen LogP contribution in [0, 0.1) is 23.7 Å². The van der Waals surface area contributed by atoms with E-state index in [4.69, 9.17) is 8.53 Å². The molecule has 6 aliphatic carbocycles. The predicted octanol–water partition coefficient (Wildman–Crippen LogP) is 16.5. The summed E-state index contributed by atoms with van der Waals surface area (Å²) in [6, 6.07) is 22.2. The van der Waals surface area contributed by atoms with Crippen LogP contribution in [0.5, 0.6) is 0 Å². The van der Waals surface area contributed by atoms with E-state index in [1.807, 2.05) is 0 Å². The second kappa shape index (κ2) is 14.5. The van der Waals surface area contributed by atoms with Gasteiger partial charge in [0.15, 0.2) is 0 Å². The van der Waals surface area contributed by atoms with E-state index in [-0.39, 0.29) is 80.4 Å². The molecule has 0 amide bonds. The summed E-state index contributed by atoms with van der Waals surface area (Å²) in [6.45, 7) is 33.1. The van der Waals surface area contributed by atoms with Crippen LogP contribution in [0.25, 0.3) is 17.2 Å². The van der Waals surface area contributed by atoms with Crippen LogP contribution in [0.1, 0.15) is 193 Å². The van der Waals surface area contributed by atoms with Gasteiger partial charge in [0.25, 0.3) is 6.71 Å². The van der Waals surface area contributed by atoms with Crippen LogP contribution in [0.4, 0.5) is 34.1 Å². The van der Waals surface area contributed by atoms with Crippen molar-refractivity contribution in [2.45, 2.75) is 182 Å². The van der Waals surface area contributed by atoms with Gasteiger partial charge in [-0.1, -0.05) is 150 Å². The number of hydrogen-bond acceptors (Lipinski definition) is 3. The fraction of sp³-hybridized carbons (Fsp3) is 0.463. The van der Waals surface area contributed by atoms with Crippen LogP contribution in [0.2, 0.25) is 0 Å². The largest absolute Gasteiger partial charge is 0.468 e. The second-order valence-electron chi connectivity index (χ2n) is 27.7. The molecule has 1 atom stereocenters. The average Bonchev–Trinajstić information content (AvgIpc) is 3.93. The highest BCUT2D eigenvalue weighted by atomic mass is 16.3. The van der Waals surface area contributed by atoms with Gasteiger partial charge < -0.3 is 14.2 Å². The van der Waals surface area contributed by atoms with Crippen LogP contribution in [-0.2, 0) is 33.5 Å². The molecule has 364 valence electrons. The van der Waals surface area contributed by atoms with Gasteiger partial charge in [-0.05, 0) is 206 Å². The summed E-state index contributed by atoms with van der Waals surface area (Å²) in [5.74, 6) is 1.38. The zero-order valence-electron chi connectivity index (χ0n) is 50.2. The lowest BCUT2D eigenvalue weighted by Crippen LogP contribution is -2.61. The maximum absolute atomic E-state index is 9.60. The van der Waals surface area contributed by atoms with Crippen molar-refractivity contribution < 1.29 is 11.3 Å². The molecule has 0 radical (unpaired) electrons. The number of rotatable bonds is 3. The average molecular weight is 942 g/mol. The molecule has 3 saturated carbocycles. The Balaban J connectivity index is 1.19. The van der Waals surface area contributed by atoms with Crippen LogP contribution < -0.4 is 26.4 Å². The zero-order valence-corrected chi connectivity index (χ0v) is 45.2. The predicted molar refractivity (Wildman–Crippen MR) is 302 cm³/mol. The Morgan fingerprint density at radius 3 is 1.86 bits per heavy atom. The number of allylic oxidation sites excluding steroid dienone is 1. The van der Waals surface area contributed by atoms with E-state index in [0.29, 0.717) is 11.5 Å². The Bertz CT molecular complexity index is 3570. The smallest absolute Gasteiger partial charge is 0.297 e. The molecular weight excluding hydrogens is 860 g/mol. The van der Waals surface area contributed by atoms with Gasteiger partial charge in [0.1, 0.15) is 5.76 Å². The fourth-order valence-corrected chi connectivity index (χ4v) is 15.2. The normalized spacial score (nSPS) is 26.5. The molecule has 3 nitrogen and oxygen atoms in total. The van der Waals surface area contributed by atoms with Crippen molar-refractivity contribution in [1.82, 2.24) is 0 Å². The van der Waals surface area contributed by atoms with Crippen molar-refractivity contribution in [3.05, 3.63) is 141 Å². The lowest BCUT2D eigenvalue weighted by molar-refractivity contribution is 0.0158. The fourth-order valence-electron chi connectivity index (χ4n) is 15.2. The van der Waals surface area contributed by atoms with E-state index in [1.54, 1.807) is 5.57 Å². The van der Waals surface area contributed by atoms with Gasteiger partial charge in [-0.25, -0.2) is 0 Å². The van der Waals surface area contributed by atoms with E-state index < -0.39 is 0 Å². The first-order valence-corrected chi connectivity index (χ1v) is 27.1. The van der Waals surface area contributed by atoms with Crippen molar-refractivity contribution in [1.29, 1.82) is 0 Å². The van der Waals surface area contributed by atoms with Gasteiger partial charge >= 0.3 is 0 Å². The molecular formula is C67H77BN2O. The van der Waals surface area contributed by atoms with Crippen molar-refractivity contribution in [3.63, 3.8) is 0 Å². The first-order chi connectivity index (χ1) is 35.5. The summed E-state index contributed by atoms with van der Waals surface area (Å²) in [6.07, 6.45) is 12.6. The SMILES string of the molecule is [2H]c1c([2H])c([2H])c(-c2cc3c4c(c2)N(c2ccc5c(c2)C(C)(C)CCC5(C)C)c2c(oc5c2CC2C(=C5)C5(C)CCC2(C)CC5)B4c2ccc(C(C)(C)C)cc2N3c2cc3c(cc2C)C(C)(C)CCC3(C)C)c([2H])c1[2H]. The van der Waals surface area contributed by atoms with E-state index in [0.717, 1.165) is 83.1 Å². The van der Waals surface area contributed by atoms with Gasteiger partial charge in [-0.2, -0.15) is 0 Å². The first-order valence-electron chi connectivity index (χ1n) is 29.6. The second-order valence-corrected chi connectivity index (χ2v) is 27.7. The molecule has 71 heavy (non-hydrogen) atoms. The third-order valence-electron chi connectivity index (χ3n) is 20.3. The minimum absolute atomic E-state index is 0.00760. The Morgan fingerprint density at radius 1 is 0.606 bits per heavy atom. The van der Waals surface area contributed by atoms with Crippen LogP contribution in [0.15, 0.2) is 101 Å². The third kappa shape index (κ3) is 6.46. The molecule has 2 aliphatic heterocycles. The molecule has 4 heteroatoms. The molecule has 2 bridgehead atoms. The number of fused-ring (bicyclic) bond motifs is 10. The van der Waals surface area contributed by atoms with Crippen LogP contribution in [0.3, 0.4) is 0 Å². The number of aryl methyl sites for hydroxylation is 1. The molecule has 5 aromatic carbocycles. The molecule has 1 unspecified atom stereocenters. The maximum Gasteiger partial charge on any atom is 0.297 e. The minimum Gasteiger partial charge on any atom is -0.468 e. The van der Waals surface area contributed by atoms with Crippen molar-refractivity contribution in [3.8, 4) is 11.1 Å². The van der Waals surface area contributed by atoms with Crippen molar-refractivity contribution in [2.24, 2.45) is 16.7 Å². The van der Waals surface area contributed by atoms with Gasteiger partial charge in [-0.15, -0.1) is 0 Å². The summed E-state index contributed by atoms with van der Waals surface area (Å²) in [7, 11) is 0. The topological polar surface area (TPSA) is 19.6 Å². The van der Waals surface area contributed by atoms with E-state index in [2.05, 4.69) is 173 Å². The molecule has 8 aliphatic rings. The Kier molecular flexibility index (Phi) is 8.23. The molecule has 3 fully saturated rings. The molecule has 6 aromatic rings. The number of nitrogens with zero attached hydrogens (tertiary/aromatic N) is 2. The molecule has 0 spiro atoms. The highest BCUT2D eigenvalue weighted by Crippen LogP contribution is 2.65. The molecule has 0 N–H and O–H groups in total. The standard InChI is InChI=1S/C67H77BN2O/c1-40-32-47-49(65(11,12)27-26-63(47,7)8)38-53(40)70-54-35-43(61(2,3)4)20-23-52(54)68-58-55(33-42(34-56(58)70)41-18-16-15-17-19-41)69(44-21-22-46-48(36-44)64(9,10)25-24-62(46,5)6)59-45-37-50-51(39-57(45)71-60(59)68)67(14)30-28-66(50,13)29-31-67/h15-23,32-36,38-39,50H,24-31,37H2,1-14H3/i15D,16D,17D,18D,19D. The maximum atomic E-state index is 9.60.